The van der Waals surface area contributed by atoms with Crippen molar-refractivity contribution in [3.63, 3.8) is 0 Å². The number of ether oxygens (including phenoxy) is 2. The predicted octanol–water partition coefficient (Wildman–Crippen LogP) is 0.942. The molecule has 1 aromatic heterocycles. The van der Waals surface area contributed by atoms with Crippen molar-refractivity contribution in [2.75, 3.05) is 20.0 Å². The van der Waals surface area contributed by atoms with Crippen LogP contribution in [0.5, 0.6) is 0 Å². The third-order valence-corrected chi connectivity index (χ3v) is 3.22. The van der Waals surface area contributed by atoms with Crippen LogP contribution in [0, 0.1) is 0 Å². The molecule has 0 fully saturated rings. The molecule has 5 nitrogen and oxygen atoms in total. The van der Waals surface area contributed by atoms with Crippen LogP contribution in [0.25, 0.3) is 0 Å². The van der Waals surface area contributed by atoms with Gasteiger partial charge in [0.2, 0.25) is 0 Å². The summed E-state index contributed by atoms with van der Waals surface area (Å²) in [6.07, 6.45) is 1.47. The van der Waals surface area contributed by atoms with Gasteiger partial charge in [0.05, 0.1) is 4.88 Å². The first kappa shape index (κ1) is 12.4. The van der Waals surface area contributed by atoms with Crippen LogP contribution >= 0.6 is 11.3 Å². The Kier molecular flexibility index (Phi) is 4.04. The summed E-state index contributed by atoms with van der Waals surface area (Å²) in [5, 5.41) is 10.6. The van der Waals surface area contributed by atoms with E-state index in [9.17, 15) is 5.11 Å². The summed E-state index contributed by atoms with van der Waals surface area (Å²) in [6, 6.07) is 0. The molecule has 0 aliphatic heterocycles. The summed E-state index contributed by atoms with van der Waals surface area (Å²) in [4.78, 5) is 4.60. The smallest absolute Gasteiger partial charge is 0.180 e. The number of hydrogen-bond donors (Lipinski definition) is 2. The van der Waals surface area contributed by atoms with Crippen LogP contribution < -0.4 is 5.73 Å². The zero-order chi connectivity index (χ0) is 11.5. The van der Waals surface area contributed by atoms with Crippen LogP contribution in [0.15, 0.2) is 6.20 Å². The average molecular weight is 232 g/mol. The molecular weight excluding hydrogens is 216 g/mol. The molecule has 0 aromatic carbocycles. The van der Waals surface area contributed by atoms with Crippen molar-refractivity contribution in [3.8, 4) is 0 Å². The van der Waals surface area contributed by atoms with E-state index in [2.05, 4.69) is 4.98 Å². The van der Waals surface area contributed by atoms with Crippen molar-refractivity contribution in [1.29, 1.82) is 0 Å². The number of thiazole rings is 1. The maximum absolute atomic E-state index is 10.2. The van der Waals surface area contributed by atoms with Gasteiger partial charge in [-0.25, -0.2) is 4.98 Å². The Bertz CT molecular complexity index is 310. The van der Waals surface area contributed by atoms with Crippen LogP contribution in [0.4, 0.5) is 5.13 Å². The van der Waals surface area contributed by atoms with Gasteiger partial charge < -0.3 is 20.3 Å². The average Bonchev–Trinajstić information content (AvgIpc) is 2.62. The minimum atomic E-state index is -1.04. The number of aliphatic hydroxyl groups is 1. The lowest BCUT2D eigenvalue weighted by molar-refractivity contribution is -0.141. The molecule has 0 saturated carbocycles. The van der Waals surface area contributed by atoms with Gasteiger partial charge in [0.1, 0.15) is 5.60 Å². The second kappa shape index (κ2) is 4.89. The molecule has 0 aliphatic rings. The molecule has 0 amide bonds. The van der Waals surface area contributed by atoms with Gasteiger partial charge in [0.25, 0.3) is 0 Å². The lowest BCUT2D eigenvalue weighted by atomic mass is 10.0. The summed E-state index contributed by atoms with van der Waals surface area (Å²) < 4.78 is 10.1. The second-order valence-corrected chi connectivity index (χ2v) is 4.50. The fourth-order valence-corrected chi connectivity index (χ4v) is 1.96. The summed E-state index contributed by atoms with van der Waals surface area (Å²) in [6.45, 7) is 1.69. The molecule has 1 aromatic rings. The van der Waals surface area contributed by atoms with Crippen LogP contribution in [0.2, 0.25) is 0 Å². The molecule has 6 heteroatoms. The van der Waals surface area contributed by atoms with Gasteiger partial charge in [-0.2, -0.15) is 0 Å². The van der Waals surface area contributed by atoms with Crippen molar-refractivity contribution < 1.29 is 14.6 Å². The van der Waals surface area contributed by atoms with Crippen LogP contribution in [-0.4, -0.2) is 30.6 Å². The van der Waals surface area contributed by atoms with Gasteiger partial charge in [-0.05, 0) is 6.92 Å². The summed E-state index contributed by atoms with van der Waals surface area (Å²) in [7, 11) is 3.07. The standard InChI is InChI=1S/C9H16N2O3S/c1-9(12,4-7(13-2)14-3)6-5-11-8(10)15-6/h5,7,12H,4H2,1-3H3,(H2,10,11). The first-order chi connectivity index (χ1) is 6.99. The third-order valence-electron chi connectivity index (χ3n) is 2.14. The minimum Gasteiger partial charge on any atom is -0.384 e. The van der Waals surface area contributed by atoms with Crippen molar-refractivity contribution in [3.05, 3.63) is 11.1 Å². The van der Waals surface area contributed by atoms with Crippen molar-refractivity contribution in [2.24, 2.45) is 0 Å². The lowest BCUT2D eigenvalue weighted by Gasteiger charge is -2.25. The predicted molar refractivity (Wildman–Crippen MR) is 58.5 cm³/mol. The third kappa shape index (κ3) is 3.13. The molecule has 15 heavy (non-hydrogen) atoms. The molecule has 1 rings (SSSR count). The van der Waals surface area contributed by atoms with Crippen LogP contribution in [0.3, 0.4) is 0 Å². The van der Waals surface area contributed by atoms with E-state index in [0.29, 0.717) is 16.4 Å². The van der Waals surface area contributed by atoms with Gasteiger partial charge in [0, 0.05) is 26.8 Å². The number of nitrogen functional groups attached to an aromatic ring is 1. The van der Waals surface area contributed by atoms with Crippen molar-refractivity contribution in [1.82, 2.24) is 4.98 Å². The van der Waals surface area contributed by atoms with Crippen molar-refractivity contribution >= 4 is 16.5 Å². The molecule has 3 N–H and O–H groups in total. The molecule has 1 unspecified atom stereocenters. The molecule has 0 radical (unpaired) electrons. The van der Waals surface area contributed by atoms with E-state index in [4.69, 9.17) is 15.2 Å². The van der Waals surface area contributed by atoms with Crippen LogP contribution in [0.1, 0.15) is 18.2 Å². The fraction of sp³-hybridized carbons (Fsp3) is 0.667. The highest BCUT2D eigenvalue weighted by molar-refractivity contribution is 7.15. The number of methoxy groups -OCH3 is 2. The Labute approximate surface area is 92.8 Å². The maximum Gasteiger partial charge on any atom is 0.180 e. The molecule has 0 aliphatic carbocycles. The highest BCUT2D eigenvalue weighted by Gasteiger charge is 2.29. The first-order valence-corrected chi connectivity index (χ1v) is 5.31. The van der Waals surface area contributed by atoms with E-state index in [-0.39, 0.29) is 0 Å². The Balaban J connectivity index is 2.74. The lowest BCUT2D eigenvalue weighted by Crippen LogP contribution is -2.28. The Morgan fingerprint density at radius 2 is 2.20 bits per heavy atom. The van der Waals surface area contributed by atoms with E-state index in [1.807, 2.05) is 0 Å². The number of rotatable bonds is 5. The number of nitrogens with zero attached hydrogens (tertiary/aromatic N) is 1. The van der Waals surface area contributed by atoms with E-state index in [1.165, 1.54) is 25.6 Å². The molecule has 0 bridgehead atoms. The van der Waals surface area contributed by atoms with E-state index in [1.54, 1.807) is 13.1 Å². The van der Waals surface area contributed by atoms with E-state index < -0.39 is 11.9 Å². The molecule has 1 atom stereocenters. The Morgan fingerprint density at radius 3 is 2.60 bits per heavy atom. The molecule has 0 saturated heterocycles. The van der Waals surface area contributed by atoms with Gasteiger partial charge in [0.15, 0.2) is 11.4 Å². The van der Waals surface area contributed by atoms with Gasteiger partial charge in [-0.3, -0.25) is 0 Å². The molecule has 0 spiro atoms. The van der Waals surface area contributed by atoms with Crippen LogP contribution in [-0.2, 0) is 15.1 Å². The zero-order valence-electron chi connectivity index (χ0n) is 9.06. The number of nitrogens with two attached hydrogens (primary N) is 1. The second-order valence-electron chi connectivity index (χ2n) is 3.44. The Morgan fingerprint density at radius 1 is 1.60 bits per heavy atom. The molecule has 86 valence electrons. The number of hydrogen-bond acceptors (Lipinski definition) is 6. The van der Waals surface area contributed by atoms with Gasteiger partial charge in [-0.15, -0.1) is 0 Å². The number of anilines is 1. The minimum absolute atomic E-state index is 0.335. The SMILES string of the molecule is COC(CC(C)(O)c1cnc(N)s1)OC. The first-order valence-electron chi connectivity index (χ1n) is 4.49. The monoisotopic (exact) mass is 232 g/mol. The summed E-state index contributed by atoms with van der Waals surface area (Å²) in [5.74, 6) is 0. The quantitative estimate of drug-likeness (QED) is 0.739. The Hall–Kier alpha value is -0.690. The highest BCUT2D eigenvalue weighted by atomic mass is 32.1. The normalized spacial score (nSPS) is 15.5. The summed E-state index contributed by atoms with van der Waals surface area (Å²) in [5.41, 5.74) is 4.47. The van der Waals surface area contributed by atoms with Gasteiger partial charge >= 0.3 is 0 Å². The largest absolute Gasteiger partial charge is 0.384 e. The maximum atomic E-state index is 10.2. The molecule has 1 heterocycles. The zero-order valence-corrected chi connectivity index (χ0v) is 9.87. The summed E-state index contributed by atoms with van der Waals surface area (Å²) >= 11 is 1.26. The fourth-order valence-electron chi connectivity index (χ4n) is 1.22. The number of aromatic nitrogens is 1. The highest BCUT2D eigenvalue weighted by Crippen LogP contribution is 2.31. The van der Waals surface area contributed by atoms with E-state index in [0.717, 1.165) is 0 Å². The molecular formula is C9H16N2O3S. The van der Waals surface area contributed by atoms with Gasteiger partial charge in [-0.1, -0.05) is 11.3 Å². The van der Waals surface area contributed by atoms with Crippen molar-refractivity contribution in [2.45, 2.75) is 25.2 Å². The topological polar surface area (TPSA) is 77.6 Å². The van der Waals surface area contributed by atoms with E-state index >= 15 is 0 Å².